The van der Waals surface area contributed by atoms with Crippen LogP contribution in [0.3, 0.4) is 0 Å². The van der Waals surface area contributed by atoms with Gasteiger partial charge < -0.3 is 4.74 Å². The first-order chi connectivity index (χ1) is 6.25. The molecule has 0 amide bonds. The van der Waals surface area contributed by atoms with Crippen LogP contribution in [0, 0.1) is 0 Å². The minimum Gasteiger partial charge on any atom is -0.496 e. The Labute approximate surface area is 81.0 Å². The summed E-state index contributed by atoms with van der Waals surface area (Å²) >= 11 is 0. The van der Waals surface area contributed by atoms with Crippen molar-refractivity contribution in [3.63, 3.8) is 0 Å². The number of ether oxygens (including phenoxy) is 1. The molecule has 0 spiro atoms. The van der Waals surface area contributed by atoms with Gasteiger partial charge in [0, 0.05) is 18.0 Å². The molecule has 0 aliphatic carbocycles. The Bertz CT molecular complexity index is 233. The molecule has 1 aromatic rings. The van der Waals surface area contributed by atoms with Crippen molar-refractivity contribution in [2.75, 3.05) is 7.11 Å². The Balaban J connectivity index is 0.000000671. The number of rotatable bonds is 2. The third-order valence-electron chi connectivity index (χ3n) is 1.65. The second-order valence-electron chi connectivity index (χ2n) is 2.77. The highest BCUT2D eigenvalue weighted by molar-refractivity contribution is 5.32. The lowest BCUT2D eigenvalue weighted by molar-refractivity contribution is 0.407. The van der Waals surface area contributed by atoms with Crippen molar-refractivity contribution in [1.29, 1.82) is 0 Å². The maximum Gasteiger partial charge on any atom is 0.125 e. The van der Waals surface area contributed by atoms with E-state index in [-0.39, 0.29) is 0 Å². The molecule has 13 heavy (non-hydrogen) atoms. The van der Waals surface area contributed by atoms with Crippen LogP contribution in [0.2, 0.25) is 0 Å². The number of aromatic nitrogens is 1. The van der Waals surface area contributed by atoms with Gasteiger partial charge in [-0.05, 0) is 12.0 Å². The van der Waals surface area contributed by atoms with Crippen LogP contribution in [0.5, 0.6) is 5.75 Å². The zero-order chi connectivity index (χ0) is 10.3. The second kappa shape index (κ2) is 6.46. The largest absolute Gasteiger partial charge is 0.496 e. The van der Waals surface area contributed by atoms with Crippen LogP contribution >= 0.6 is 0 Å². The van der Waals surface area contributed by atoms with E-state index in [1.165, 1.54) is 0 Å². The number of hydrogen-bond acceptors (Lipinski definition) is 2. The number of methoxy groups -OCH3 is 1. The predicted octanol–water partition coefficient (Wildman–Crippen LogP) is 3.24. The van der Waals surface area contributed by atoms with E-state index in [1.54, 1.807) is 13.3 Å². The van der Waals surface area contributed by atoms with Crippen LogP contribution < -0.4 is 4.74 Å². The first-order valence-electron chi connectivity index (χ1n) is 4.73. The van der Waals surface area contributed by atoms with Crippen LogP contribution in [-0.4, -0.2) is 12.1 Å². The topological polar surface area (TPSA) is 22.1 Å². The Morgan fingerprint density at radius 1 is 1.31 bits per heavy atom. The first-order valence-corrected chi connectivity index (χ1v) is 4.73. The molecule has 2 heteroatoms. The van der Waals surface area contributed by atoms with Gasteiger partial charge in [0.05, 0.1) is 7.11 Å². The van der Waals surface area contributed by atoms with Crippen molar-refractivity contribution in [3.8, 4) is 5.75 Å². The number of pyridine rings is 1. The van der Waals surface area contributed by atoms with Gasteiger partial charge in [-0.3, -0.25) is 4.98 Å². The SMILES string of the molecule is CC.COc1ccncc1C(C)C. The molecular weight excluding hydrogens is 162 g/mol. The van der Waals surface area contributed by atoms with Gasteiger partial charge in [0.25, 0.3) is 0 Å². The molecule has 2 nitrogen and oxygen atoms in total. The molecule has 0 aromatic carbocycles. The zero-order valence-corrected chi connectivity index (χ0v) is 9.16. The average Bonchev–Trinajstić information content (AvgIpc) is 2.20. The Morgan fingerprint density at radius 2 is 1.92 bits per heavy atom. The van der Waals surface area contributed by atoms with E-state index in [0.29, 0.717) is 5.92 Å². The monoisotopic (exact) mass is 181 g/mol. The summed E-state index contributed by atoms with van der Waals surface area (Å²) in [5.74, 6) is 1.40. The minimum absolute atomic E-state index is 0.471. The summed E-state index contributed by atoms with van der Waals surface area (Å²) in [5, 5.41) is 0. The van der Waals surface area contributed by atoms with Gasteiger partial charge >= 0.3 is 0 Å². The Kier molecular flexibility index (Phi) is 5.94. The van der Waals surface area contributed by atoms with E-state index in [9.17, 15) is 0 Å². The van der Waals surface area contributed by atoms with Gasteiger partial charge in [-0.2, -0.15) is 0 Å². The molecule has 0 N–H and O–H groups in total. The highest BCUT2D eigenvalue weighted by Gasteiger charge is 2.04. The third kappa shape index (κ3) is 3.45. The Morgan fingerprint density at radius 3 is 2.31 bits per heavy atom. The molecule has 0 atom stereocenters. The molecule has 0 aliphatic heterocycles. The van der Waals surface area contributed by atoms with Crippen molar-refractivity contribution >= 4 is 0 Å². The smallest absolute Gasteiger partial charge is 0.125 e. The van der Waals surface area contributed by atoms with Gasteiger partial charge in [0.15, 0.2) is 0 Å². The van der Waals surface area contributed by atoms with E-state index in [1.807, 2.05) is 26.1 Å². The van der Waals surface area contributed by atoms with Gasteiger partial charge in [-0.1, -0.05) is 27.7 Å². The van der Waals surface area contributed by atoms with Gasteiger partial charge in [-0.15, -0.1) is 0 Å². The quantitative estimate of drug-likeness (QED) is 0.698. The molecule has 0 aliphatic rings. The van der Waals surface area contributed by atoms with Crippen molar-refractivity contribution in [2.45, 2.75) is 33.6 Å². The summed E-state index contributed by atoms with van der Waals surface area (Å²) < 4.78 is 5.17. The molecule has 74 valence electrons. The van der Waals surface area contributed by atoms with Gasteiger partial charge in [0.1, 0.15) is 5.75 Å². The lowest BCUT2D eigenvalue weighted by Gasteiger charge is -2.09. The van der Waals surface area contributed by atoms with Crippen LogP contribution in [0.15, 0.2) is 18.5 Å². The van der Waals surface area contributed by atoms with Crippen LogP contribution in [0.25, 0.3) is 0 Å². The summed E-state index contributed by atoms with van der Waals surface area (Å²) in [6.45, 7) is 8.25. The molecule has 0 saturated heterocycles. The molecule has 0 radical (unpaired) electrons. The van der Waals surface area contributed by atoms with E-state index >= 15 is 0 Å². The van der Waals surface area contributed by atoms with Crippen molar-refractivity contribution in [2.24, 2.45) is 0 Å². The average molecular weight is 181 g/mol. The summed E-state index contributed by atoms with van der Waals surface area (Å²) in [4.78, 5) is 4.03. The highest BCUT2D eigenvalue weighted by atomic mass is 16.5. The summed E-state index contributed by atoms with van der Waals surface area (Å²) in [5.41, 5.74) is 1.16. The normalized spacial score (nSPS) is 9.08. The summed E-state index contributed by atoms with van der Waals surface area (Å²) in [6.07, 6.45) is 3.59. The second-order valence-corrected chi connectivity index (χ2v) is 2.77. The fourth-order valence-electron chi connectivity index (χ4n) is 1.01. The van der Waals surface area contributed by atoms with Crippen molar-refractivity contribution < 1.29 is 4.74 Å². The molecular formula is C11H19NO. The van der Waals surface area contributed by atoms with E-state index in [4.69, 9.17) is 4.74 Å². The van der Waals surface area contributed by atoms with E-state index in [0.717, 1.165) is 11.3 Å². The van der Waals surface area contributed by atoms with Crippen molar-refractivity contribution in [1.82, 2.24) is 4.98 Å². The summed E-state index contributed by atoms with van der Waals surface area (Å²) in [7, 11) is 1.68. The molecule has 1 aromatic heterocycles. The number of nitrogens with zero attached hydrogens (tertiary/aromatic N) is 1. The van der Waals surface area contributed by atoms with Crippen molar-refractivity contribution in [3.05, 3.63) is 24.0 Å². The molecule has 0 bridgehead atoms. The fraction of sp³-hybridized carbons (Fsp3) is 0.545. The van der Waals surface area contributed by atoms with E-state index in [2.05, 4.69) is 18.8 Å². The Hall–Kier alpha value is -1.05. The molecule has 0 saturated carbocycles. The maximum absolute atomic E-state index is 5.17. The van der Waals surface area contributed by atoms with Gasteiger partial charge in [-0.25, -0.2) is 0 Å². The standard InChI is InChI=1S/C9H13NO.C2H6/c1-7(2)8-6-10-5-4-9(8)11-3;1-2/h4-7H,1-3H3;1-2H3. The molecule has 0 fully saturated rings. The fourth-order valence-corrected chi connectivity index (χ4v) is 1.01. The summed E-state index contributed by atoms with van der Waals surface area (Å²) in [6, 6.07) is 1.88. The lowest BCUT2D eigenvalue weighted by Crippen LogP contribution is -1.94. The highest BCUT2D eigenvalue weighted by Crippen LogP contribution is 2.23. The zero-order valence-electron chi connectivity index (χ0n) is 9.16. The van der Waals surface area contributed by atoms with Crippen LogP contribution in [0.1, 0.15) is 39.2 Å². The van der Waals surface area contributed by atoms with Crippen LogP contribution in [0.4, 0.5) is 0 Å². The number of hydrogen-bond donors (Lipinski definition) is 0. The predicted molar refractivity (Wildman–Crippen MR) is 56.2 cm³/mol. The first kappa shape index (κ1) is 11.9. The maximum atomic E-state index is 5.17. The van der Waals surface area contributed by atoms with Crippen LogP contribution in [-0.2, 0) is 0 Å². The van der Waals surface area contributed by atoms with E-state index < -0.39 is 0 Å². The minimum atomic E-state index is 0.471. The van der Waals surface area contributed by atoms with Gasteiger partial charge in [0.2, 0.25) is 0 Å². The lowest BCUT2D eigenvalue weighted by atomic mass is 10.1. The molecule has 0 unspecified atom stereocenters. The molecule has 1 rings (SSSR count). The molecule has 1 heterocycles. The third-order valence-corrected chi connectivity index (χ3v) is 1.65.